The topological polar surface area (TPSA) is 256 Å². The summed E-state index contributed by atoms with van der Waals surface area (Å²) in [6, 6.07) is 0. The number of hydrogen-bond donors (Lipinski definition) is 3. The van der Waals surface area contributed by atoms with E-state index in [9.17, 15) is 24.5 Å². The van der Waals surface area contributed by atoms with Crippen molar-refractivity contribution < 1.29 is 48.3 Å². The second-order valence-electron chi connectivity index (χ2n) is 8.91. The average molecular weight is 1800 g/mol. The summed E-state index contributed by atoms with van der Waals surface area (Å²) in [5.41, 5.74) is 5.52. The Balaban J connectivity index is -0.000000218. The zero-order chi connectivity index (χ0) is 49.4. The third-order valence-electron chi connectivity index (χ3n) is 4.39. The van der Waals surface area contributed by atoms with E-state index in [-0.39, 0.29) is 53.7 Å². The molecule has 17 nitrogen and oxygen atoms in total. The number of nitro groups is 1. The fourth-order valence-corrected chi connectivity index (χ4v) is 6.28. The van der Waals surface area contributed by atoms with Crippen LogP contribution in [0, 0.1) is 10.1 Å². The molecule has 3 rings (SSSR count). The number of amides is 1. The third-order valence-corrected chi connectivity index (χ3v) is 9.20. The number of anilines is 2. The molecule has 62 heavy (non-hydrogen) atoms. The van der Waals surface area contributed by atoms with Crippen molar-refractivity contribution in [2.24, 2.45) is 0 Å². The van der Waals surface area contributed by atoms with Gasteiger partial charge in [0.25, 0.3) is 6.47 Å². The number of esters is 2. The number of rotatable bonds is 12. The number of aromatic nitrogens is 6. The Morgan fingerprint density at radius 3 is 1.23 bits per heavy atom. The molecule has 0 aliphatic heterocycles. The van der Waals surface area contributed by atoms with Gasteiger partial charge in [0, 0.05) is 31.1 Å². The van der Waals surface area contributed by atoms with E-state index in [0.717, 1.165) is 36.5 Å². The van der Waals surface area contributed by atoms with Gasteiger partial charge < -0.3 is 20.9 Å². The Morgan fingerprint density at radius 1 is 0.758 bits per heavy atom. The molecule has 0 unspecified atom stereocenters. The van der Waals surface area contributed by atoms with Gasteiger partial charge in [-0.05, 0) is 24.2 Å². The Bertz CT molecular complexity index is 1680. The number of nitrogen functional groups attached to an aromatic ring is 1. The van der Waals surface area contributed by atoms with Crippen LogP contribution in [0.3, 0.4) is 0 Å². The number of nitrogens with two attached hydrogens (primary N) is 1. The minimum atomic E-state index is -0.696. The molecular formula is C28H36Cl6I6N9O8S3V2. The number of thioether (sulfide) groups is 3. The molecule has 0 saturated heterocycles. The fraction of sp³-hybridized carbons (Fsp3) is 0.429. The molecule has 0 radical (unpaired) electrons. The van der Waals surface area contributed by atoms with Gasteiger partial charge in [-0.3, -0.25) is 29.3 Å². The molecule has 0 aromatic carbocycles. The molecule has 34 heteroatoms. The van der Waals surface area contributed by atoms with Crippen LogP contribution in [-0.2, 0) is 38.3 Å². The van der Waals surface area contributed by atoms with Crippen LogP contribution < -0.4 is 11.1 Å². The zero-order valence-electron chi connectivity index (χ0n) is 32.6. The van der Waals surface area contributed by atoms with Crippen LogP contribution in [0.1, 0.15) is 53.9 Å². The van der Waals surface area contributed by atoms with Crippen LogP contribution in [0.5, 0.6) is 0 Å². The van der Waals surface area contributed by atoms with Crippen molar-refractivity contribution in [3.05, 3.63) is 41.0 Å². The Labute approximate surface area is 482 Å². The van der Waals surface area contributed by atoms with Crippen LogP contribution >= 0.6 is 227 Å². The molecule has 1 amide bonds. The number of carboxylic acid groups (broad SMARTS) is 1. The Hall–Kier alpha value is 2.86. The molecule has 0 saturated carbocycles. The summed E-state index contributed by atoms with van der Waals surface area (Å²) in [7, 11) is 0.628. The first kappa shape index (κ1) is 73.8. The molecule has 0 fully saturated rings. The van der Waals surface area contributed by atoms with Gasteiger partial charge in [0.1, 0.15) is 11.4 Å². The van der Waals surface area contributed by atoms with E-state index in [1.54, 1.807) is 0 Å². The summed E-state index contributed by atoms with van der Waals surface area (Å²) < 4.78 is 3.97. The van der Waals surface area contributed by atoms with Crippen LogP contribution in [-0.4, -0.2) is 86.9 Å². The summed E-state index contributed by atoms with van der Waals surface area (Å²) in [5.74, 6) is 1.52. The summed E-state index contributed by atoms with van der Waals surface area (Å²) >= 11 is 52.9. The van der Waals surface area contributed by atoms with E-state index in [2.05, 4.69) is 176 Å². The van der Waals surface area contributed by atoms with Crippen LogP contribution in [0.25, 0.3) is 0 Å². The number of carbonyl (C=O) groups excluding carboxylic acids is 3. The maximum absolute atomic E-state index is 10.5. The molecule has 0 aliphatic rings. The quantitative estimate of drug-likeness (QED) is 0.0145. The number of halogens is 12. The molecule has 0 atom stereocenters. The third kappa shape index (κ3) is 44.1. The van der Waals surface area contributed by atoms with E-state index in [1.165, 1.54) is 49.1 Å². The standard InChI is InChI=1S/C8H9Cl2N3OS.C7H7Cl2N3O2S.C7H9Cl2N3S.C4H6O3.CH3I.CH2O2.5HI.2V/c1-2-3-15-8-12-6(9)5(11-4-14)7(10)13-8;1-2-3-15-7-10-5(8)4(12(13)14)6(9)11-7;1-2-3-13-7-11-5(8)4(10)6(9)12-7;1-3(5)7-4(2)6;1-2;2-1-3;;;;;;;/h4H,2-3H2,1H3,(H,11,14);2-3H2,1H3;2-3,10H2,1H3;1-2H3;1H3;1H,(H,2,3);5*1H;;/q;;;;;;;;;;;+2;+3/p-5. The number of ether oxygens (including phenoxy) is 1. The SMILES string of the molecule is CC(=O)OC(C)=O.CCCSc1nc(Cl)c(N)c(Cl)n1.CCCSc1nc(Cl)c(NC=O)c(Cl)n1.CCCSc1nc(Cl)c([N+](=O)[O-])c(Cl)n1.CI.O=CO.[I][V]([I])[I].[I][V][I]. The van der Waals surface area contributed by atoms with E-state index >= 15 is 0 Å². The summed E-state index contributed by atoms with van der Waals surface area (Å²) in [6.07, 6.45) is 3.49. The average Bonchev–Trinajstić information content (AvgIpc) is 3.17. The first-order chi connectivity index (χ1) is 29.1. The van der Waals surface area contributed by atoms with Gasteiger partial charge >= 0.3 is 132 Å². The number of nitrogens with one attached hydrogen (secondary N) is 1. The number of alkyl halides is 1. The number of carbonyl (C=O) groups is 4. The molecule has 0 aliphatic carbocycles. The number of nitrogens with zero attached hydrogens (tertiary/aromatic N) is 7. The van der Waals surface area contributed by atoms with Gasteiger partial charge in [0.2, 0.25) is 16.7 Å². The van der Waals surface area contributed by atoms with Crippen molar-refractivity contribution >= 4 is 269 Å². The number of hydrogen-bond acceptors (Lipinski definition) is 17. The van der Waals surface area contributed by atoms with Crippen molar-refractivity contribution in [2.45, 2.75) is 69.4 Å². The predicted octanol–water partition coefficient (Wildman–Crippen LogP) is 14.2. The van der Waals surface area contributed by atoms with Gasteiger partial charge in [-0.2, -0.15) is 0 Å². The van der Waals surface area contributed by atoms with Gasteiger partial charge in [0.05, 0.1) is 4.92 Å². The fourth-order valence-electron chi connectivity index (χ4n) is 2.48. The first-order valence-corrected chi connectivity index (χ1v) is 45.5. The van der Waals surface area contributed by atoms with Crippen LogP contribution in [0.15, 0.2) is 15.5 Å². The van der Waals surface area contributed by atoms with Crippen molar-refractivity contribution in [1.29, 1.82) is 0 Å². The van der Waals surface area contributed by atoms with Crippen LogP contribution in [0.2, 0.25) is 30.9 Å². The Kier molecular flexibility index (Phi) is 59.8. The minimum absolute atomic E-state index is 0.153. The van der Waals surface area contributed by atoms with Gasteiger partial charge in [0.15, 0.2) is 36.1 Å². The van der Waals surface area contributed by atoms with Gasteiger partial charge in [-0.1, -0.05) is 148 Å². The van der Waals surface area contributed by atoms with Gasteiger partial charge in [-0.25, -0.2) is 29.9 Å². The van der Waals surface area contributed by atoms with Crippen molar-refractivity contribution in [2.75, 3.05) is 33.2 Å². The monoisotopic (exact) mass is 1800 g/mol. The van der Waals surface area contributed by atoms with Crippen LogP contribution in [0.4, 0.5) is 17.1 Å². The van der Waals surface area contributed by atoms with E-state index in [1.807, 2.05) is 11.9 Å². The van der Waals surface area contributed by atoms with E-state index in [0.29, 0.717) is 31.3 Å². The molecule has 4 N–H and O–H groups in total. The summed E-state index contributed by atoms with van der Waals surface area (Å²) in [6.45, 7) is 8.25. The molecular weight excluding hydrogens is 1760 g/mol. The molecule has 0 spiro atoms. The molecule has 0 bridgehead atoms. The second kappa shape index (κ2) is 50.3. The van der Waals surface area contributed by atoms with Gasteiger partial charge in [-0.15, -0.1) is 0 Å². The molecule has 3 aromatic heterocycles. The van der Waals surface area contributed by atoms with E-state index in [4.69, 9.17) is 85.2 Å². The molecule has 3 heterocycles. The normalized spacial score (nSPS) is 9.08. The first-order valence-electron chi connectivity index (χ1n) is 15.6. The van der Waals surface area contributed by atoms with E-state index < -0.39 is 22.5 Å². The summed E-state index contributed by atoms with van der Waals surface area (Å²) in [4.78, 5) is 73.3. The predicted molar refractivity (Wildman–Crippen MR) is 301 cm³/mol. The molecule has 3 aromatic rings. The van der Waals surface area contributed by atoms with Crippen molar-refractivity contribution in [3.8, 4) is 0 Å². The zero-order valence-corrected chi connectivity index (χ0v) is 55.3. The van der Waals surface area contributed by atoms with Crippen molar-refractivity contribution in [1.82, 2.24) is 29.9 Å². The molecule has 353 valence electrons. The second-order valence-corrected chi connectivity index (χ2v) is 61.4. The van der Waals surface area contributed by atoms with Crippen molar-refractivity contribution in [3.63, 3.8) is 0 Å². The Morgan fingerprint density at radius 2 is 1.02 bits per heavy atom. The summed E-state index contributed by atoms with van der Waals surface area (Å²) in [5, 5.41) is 21.5. The maximum atomic E-state index is 10.5.